The van der Waals surface area contributed by atoms with Gasteiger partial charge >= 0.3 is 6.18 Å². The number of nitrogens with zero attached hydrogens (tertiary/aromatic N) is 1. The summed E-state index contributed by atoms with van der Waals surface area (Å²) in [7, 11) is 5.25. The van der Waals surface area contributed by atoms with Gasteiger partial charge in [-0.3, -0.25) is 0 Å². The molecule has 4 atom stereocenters. The number of aryl methyl sites for hydroxylation is 1. The smallest absolute Gasteiger partial charge is 0.416 e. The van der Waals surface area contributed by atoms with E-state index in [0.29, 0.717) is 17.9 Å². The number of phenols is 1. The van der Waals surface area contributed by atoms with Gasteiger partial charge in [0.15, 0.2) is 11.5 Å². The summed E-state index contributed by atoms with van der Waals surface area (Å²) in [5, 5.41) is 14.7. The highest BCUT2D eigenvalue weighted by Gasteiger charge is 2.52. The van der Waals surface area contributed by atoms with Crippen LogP contribution in [0.1, 0.15) is 36.5 Å². The molecule has 1 heterocycles. The van der Waals surface area contributed by atoms with E-state index in [0.717, 1.165) is 42.0 Å². The lowest BCUT2D eigenvalue weighted by Gasteiger charge is -2.54. The average Bonchev–Trinajstić information content (AvgIpc) is 2.81. The number of fused-ring (bicyclic) bond motifs is 1. The Labute approximate surface area is 204 Å². The molecule has 1 saturated heterocycles. The van der Waals surface area contributed by atoms with Crippen molar-refractivity contribution in [3.05, 3.63) is 64.9 Å². The SMILES string of the molecule is COC1=CC2C(C)N(C)CCC2(c2c(C)ccc(OC)c2O)CC1Nc1ccc(C(F)(F)F)cc1. The number of anilines is 1. The molecule has 2 aliphatic rings. The standard InChI is InChI=1S/C27H33F3N2O3/c1-16-6-11-22(34-4)25(33)24(16)26-12-13-32(3)17(2)20(26)14-23(35-5)21(15-26)31-19-9-7-18(8-10-19)27(28,29)30/h6-11,14,17,20-21,31,33H,12-13,15H2,1-5H3. The molecule has 0 radical (unpaired) electrons. The number of nitrogens with one attached hydrogen (secondary N) is 1. The van der Waals surface area contributed by atoms with E-state index in [2.05, 4.69) is 30.3 Å². The second-order valence-electron chi connectivity index (χ2n) is 9.71. The third kappa shape index (κ3) is 4.44. The monoisotopic (exact) mass is 490 g/mol. The van der Waals surface area contributed by atoms with Crippen LogP contribution in [-0.2, 0) is 16.3 Å². The molecule has 4 rings (SSSR count). The number of aromatic hydroxyl groups is 1. The molecule has 1 fully saturated rings. The molecule has 0 saturated carbocycles. The Balaban J connectivity index is 1.79. The molecule has 1 aliphatic heterocycles. The molecule has 35 heavy (non-hydrogen) atoms. The summed E-state index contributed by atoms with van der Waals surface area (Å²) < 4.78 is 50.3. The van der Waals surface area contributed by atoms with Crippen LogP contribution in [0.25, 0.3) is 0 Å². The molecule has 1 aliphatic carbocycles. The van der Waals surface area contributed by atoms with Gasteiger partial charge in [-0.25, -0.2) is 0 Å². The van der Waals surface area contributed by atoms with Crippen molar-refractivity contribution < 1.29 is 27.8 Å². The Kier molecular flexibility index (Phi) is 6.70. The number of rotatable bonds is 5. The lowest BCUT2D eigenvalue weighted by Crippen LogP contribution is -2.57. The normalized spacial score (nSPS) is 27.1. The Morgan fingerprint density at radius 1 is 1.09 bits per heavy atom. The van der Waals surface area contributed by atoms with E-state index in [1.54, 1.807) is 20.3 Å². The minimum atomic E-state index is -4.38. The van der Waals surface area contributed by atoms with Crippen LogP contribution in [0.5, 0.6) is 11.5 Å². The fraction of sp³-hybridized carbons (Fsp3) is 0.481. The first kappa shape index (κ1) is 25.2. The molecule has 0 bridgehead atoms. The number of halogens is 3. The molecule has 190 valence electrons. The summed E-state index contributed by atoms with van der Waals surface area (Å²) in [5.41, 5.74) is 1.32. The van der Waals surface area contributed by atoms with E-state index < -0.39 is 17.2 Å². The van der Waals surface area contributed by atoms with Crippen molar-refractivity contribution in [3.63, 3.8) is 0 Å². The maximum absolute atomic E-state index is 13.0. The highest BCUT2D eigenvalue weighted by molar-refractivity contribution is 5.56. The molecule has 2 aromatic carbocycles. The quantitative estimate of drug-likeness (QED) is 0.562. The third-order valence-electron chi connectivity index (χ3n) is 7.88. The van der Waals surface area contributed by atoms with Gasteiger partial charge < -0.3 is 24.8 Å². The maximum atomic E-state index is 13.0. The van der Waals surface area contributed by atoms with E-state index in [1.165, 1.54) is 12.1 Å². The number of ether oxygens (including phenoxy) is 2. The second-order valence-corrected chi connectivity index (χ2v) is 9.71. The summed E-state index contributed by atoms with van der Waals surface area (Å²) >= 11 is 0. The summed E-state index contributed by atoms with van der Waals surface area (Å²) in [6.45, 7) is 5.02. The van der Waals surface area contributed by atoms with Crippen LogP contribution in [0, 0.1) is 12.8 Å². The zero-order valence-corrected chi connectivity index (χ0v) is 20.7. The first-order valence-corrected chi connectivity index (χ1v) is 11.8. The van der Waals surface area contributed by atoms with Crippen molar-refractivity contribution in [1.29, 1.82) is 0 Å². The highest BCUT2D eigenvalue weighted by atomic mass is 19.4. The zero-order chi connectivity index (χ0) is 25.5. The molecule has 0 spiro atoms. The van der Waals surface area contributed by atoms with Crippen LogP contribution in [0.15, 0.2) is 48.2 Å². The predicted octanol–water partition coefficient (Wildman–Crippen LogP) is 5.72. The fourth-order valence-corrected chi connectivity index (χ4v) is 5.93. The van der Waals surface area contributed by atoms with Gasteiger partial charge in [0.2, 0.25) is 0 Å². The average molecular weight is 491 g/mol. The van der Waals surface area contributed by atoms with Gasteiger partial charge in [-0.05, 0) is 82.3 Å². The van der Waals surface area contributed by atoms with Gasteiger partial charge in [-0.1, -0.05) is 6.07 Å². The van der Waals surface area contributed by atoms with Crippen molar-refractivity contribution in [3.8, 4) is 11.5 Å². The summed E-state index contributed by atoms with van der Waals surface area (Å²) in [4.78, 5) is 2.31. The van der Waals surface area contributed by atoms with E-state index >= 15 is 0 Å². The lowest BCUT2D eigenvalue weighted by molar-refractivity contribution is -0.137. The number of benzene rings is 2. The third-order valence-corrected chi connectivity index (χ3v) is 7.88. The predicted molar refractivity (Wildman–Crippen MR) is 130 cm³/mol. The molecule has 8 heteroatoms. The van der Waals surface area contributed by atoms with Gasteiger partial charge in [0.25, 0.3) is 0 Å². The number of likely N-dealkylation sites (tertiary alicyclic amines) is 1. The van der Waals surface area contributed by atoms with E-state index in [4.69, 9.17) is 9.47 Å². The lowest BCUT2D eigenvalue weighted by atomic mass is 9.57. The van der Waals surface area contributed by atoms with Crippen molar-refractivity contribution in [1.82, 2.24) is 4.90 Å². The second kappa shape index (κ2) is 9.30. The van der Waals surface area contributed by atoms with E-state index in [9.17, 15) is 18.3 Å². The van der Waals surface area contributed by atoms with Crippen molar-refractivity contribution in [2.45, 2.75) is 50.4 Å². The van der Waals surface area contributed by atoms with Crippen LogP contribution in [0.2, 0.25) is 0 Å². The Bertz CT molecular complexity index is 1100. The molecule has 0 amide bonds. The molecule has 4 unspecified atom stereocenters. The van der Waals surface area contributed by atoms with Crippen LogP contribution >= 0.6 is 0 Å². The van der Waals surface area contributed by atoms with Crippen molar-refractivity contribution in [2.24, 2.45) is 5.92 Å². The van der Waals surface area contributed by atoms with Gasteiger partial charge in [0.05, 0.1) is 25.8 Å². The Morgan fingerprint density at radius 2 is 1.77 bits per heavy atom. The molecular weight excluding hydrogens is 457 g/mol. The fourth-order valence-electron chi connectivity index (χ4n) is 5.93. The number of hydrogen-bond donors (Lipinski definition) is 2. The molecule has 0 aromatic heterocycles. The first-order chi connectivity index (χ1) is 16.5. The molecule has 2 aromatic rings. The Hall–Kier alpha value is -2.87. The summed E-state index contributed by atoms with van der Waals surface area (Å²) in [6, 6.07) is 8.69. The van der Waals surface area contributed by atoms with Crippen molar-refractivity contribution >= 4 is 5.69 Å². The maximum Gasteiger partial charge on any atom is 0.416 e. The summed E-state index contributed by atoms with van der Waals surface area (Å²) in [5.74, 6) is 1.38. The molecule has 5 nitrogen and oxygen atoms in total. The molecule has 2 N–H and O–H groups in total. The van der Waals surface area contributed by atoms with E-state index in [-0.39, 0.29) is 23.8 Å². The van der Waals surface area contributed by atoms with Crippen LogP contribution in [-0.4, -0.2) is 49.9 Å². The highest BCUT2D eigenvalue weighted by Crippen LogP contribution is 2.55. The number of piperidine rings is 1. The number of phenolic OH excluding ortho intramolecular Hbond substituents is 1. The van der Waals surface area contributed by atoms with Gasteiger partial charge in [-0.2, -0.15) is 13.2 Å². The topological polar surface area (TPSA) is 54.0 Å². The van der Waals surface area contributed by atoms with Crippen molar-refractivity contribution in [2.75, 3.05) is 33.1 Å². The number of methoxy groups -OCH3 is 2. The first-order valence-electron chi connectivity index (χ1n) is 11.8. The number of hydrogen-bond acceptors (Lipinski definition) is 5. The van der Waals surface area contributed by atoms with Gasteiger partial charge in [0, 0.05) is 28.6 Å². The van der Waals surface area contributed by atoms with E-state index in [1.807, 2.05) is 13.0 Å². The molecular formula is C27H33F3N2O3. The van der Waals surface area contributed by atoms with Gasteiger partial charge in [-0.15, -0.1) is 0 Å². The van der Waals surface area contributed by atoms with Crippen LogP contribution < -0.4 is 10.1 Å². The minimum Gasteiger partial charge on any atom is -0.504 e. The van der Waals surface area contributed by atoms with Crippen LogP contribution in [0.4, 0.5) is 18.9 Å². The Morgan fingerprint density at radius 3 is 2.37 bits per heavy atom. The summed E-state index contributed by atoms with van der Waals surface area (Å²) in [6.07, 6.45) is -0.843. The largest absolute Gasteiger partial charge is 0.504 e. The van der Waals surface area contributed by atoms with Gasteiger partial charge in [0.1, 0.15) is 5.76 Å². The zero-order valence-electron chi connectivity index (χ0n) is 20.7. The van der Waals surface area contributed by atoms with Crippen LogP contribution in [0.3, 0.4) is 0 Å². The minimum absolute atomic E-state index is 0.0542. The number of alkyl halides is 3.